The minimum Gasteiger partial charge on any atom is -0.385 e. The Kier molecular flexibility index (Phi) is 5.89. The van der Waals surface area contributed by atoms with Gasteiger partial charge in [0.05, 0.1) is 0 Å². The molecule has 0 bridgehead atoms. The van der Waals surface area contributed by atoms with Crippen LogP contribution in [0.25, 0.3) is 0 Å². The van der Waals surface area contributed by atoms with Crippen LogP contribution in [-0.4, -0.2) is 59.0 Å². The Hall–Kier alpha value is -0.500. The van der Waals surface area contributed by atoms with Gasteiger partial charge in [0.15, 0.2) is 4.34 Å². The maximum absolute atomic E-state index is 10.2. The van der Waals surface area contributed by atoms with Gasteiger partial charge in [0.2, 0.25) is 0 Å². The van der Waals surface area contributed by atoms with Crippen LogP contribution in [0.4, 0.5) is 0 Å². The predicted molar refractivity (Wildman–Crippen MR) is 65.0 cm³/mol. The largest absolute Gasteiger partial charge is 0.385 e. The summed E-state index contributed by atoms with van der Waals surface area (Å²) in [6.07, 6.45) is 0.488. The highest BCUT2D eigenvalue weighted by Crippen LogP contribution is 2.23. The third-order valence-corrected chi connectivity index (χ3v) is 3.97. The van der Waals surface area contributed by atoms with E-state index < -0.39 is 6.10 Å². The van der Waals surface area contributed by atoms with Gasteiger partial charge in [-0.15, -0.1) is 10.2 Å². The van der Waals surface area contributed by atoms with Crippen LogP contribution < -0.4 is 0 Å². The van der Waals surface area contributed by atoms with Gasteiger partial charge in [-0.05, 0) is 14.1 Å². The van der Waals surface area contributed by atoms with Crippen molar-refractivity contribution in [2.75, 3.05) is 26.4 Å². The molecule has 7 heteroatoms. The molecule has 1 aromatic heterocycles. The number of hydrogen-bond donors (Lipinski definition) is 1. The fourth-order valence-electron chi connectivity index (χ4n) is 0.913. The molecule has 0 fully saturated rings. The number of thioether (sulfide) groups is 1. The average Bonchev–Trinajstić information content (AvgIpc) is 2.71. The zero-order valence-electron chi connectivity index (χ0n) is 9.29. The molecule has 0 aliphatic heterocycles. The number of carbonyl (C=O) groups excluding carboxylic acids is 1. The maximum Gasteiger partial charge on any atom is 0.174 e. The van der Waals surface area contributed by atoms with E-state index in [1.807, 2.05) is 14.1 Å². The summed E-state index contributed by atoms with van der Waals surface area (Å²) in [5.41, 5.74) is 0. The van der Waals surface area contributed by atoms with E-state index in [0.717, 1.165) is 22.3 Å². The van der Waals surface area contributed by atoms with E-state index in [1.54, 1.807) is 0 Å². The Morgan fingerprint density at radius 2 is 2.31 bits per heavy atom. The topological polar surface area (TPSA) is 66.3 Å². The first kappa shape index (κ1) is 13.6. The molecule has 0 aliphatic rings. The van der Waals surface area contributed by atoms with E-state index in [1.165, 1.54) is 23.1 Å². The molecule has 0 aliphatic carbocycles. The molecule has 16 heavy (non-hydrogen) atoms. The molecule has 0 radical (unpaired) electrons. The summed E-state index contributed by atoms with van der Waals surface area (Å²) in [6, 6.07) is 0. The van der Waals surface area contributed by atoms with Crippen molar-refractivity contribution < 1.29 is 9.90 Å². The number of likely N-dealkylation sites (N-methyl/N-ethyl adjacent to an activating group) is 1. The van der Waals surface area contributed by atoms with Crippen molar-refractivity contribution in [1.82, 2.24) is 15.1 Å². The van der Waals surface area contributed by atoms with E-state index in [2.05, 4.69) is 15.1 Å². The van der Waals surface area contributed by atoms with Crippen LogP contribution in [0, 0.1) is 0 Å². The van der Waals surface area contributed by atoms with Crippen molar-refractivity contribution in [1.29, 1.82) is 0 Å². The first-order chi connectivity index (χ1) is 7.61. The van der Waals surface area contributed by atoms with Gasteiger partial charge in [-0.3, -0.25) is 0 Å². The number of aliphatic hydroxyl groups excluding tert-OH is 1. The summed E-state index contributed by atoms with van der Waals surface area (Å²) in [5.74, 6) is 0.339. The monoisotopic (exact) mass is 261 g/mol. The molecule has 5 nitrogen and oxygen atoms in total. The molecule has 0 amide bonds. The summed E-state index contributed by atoms with van der Waals surface area (Å²) in [6.45, 7) is 0.941. The van der Waals surface area contributed by atoms with Gasteiger partial charge in [0.1, 0.15) is 17.4 Å². The molecular formula is C9H15N3O2S2. The summed E-state index contributed by atoms with van der Waals surface area (Å²) < 4.78 is 0.801. The van der Waals surface area contributed by atoms with Crippen molar-refractivity contribution in [3.63, 3.8) is 0 Å². The van der Waals surface area contributed by atoms with Crippen LogP contribution in [0.2, 0.25) is 0 Å². The lowest BCUT2D eigenvalue weighted by Gasteiger charge is -2.05. The van der Waals surface area contributed by atoms with Crippen molar-refractivity contribution in [3.8, 4) is 0 Å². The number of carbonyl (C=O) groups is 1. The smallest absolute Gasteiger partial charge is 0.174 e. The molecule has 1 atom stereocenters. The highest BCUT2D eigenvalue weighted by atomic mass is 32.2. The lowest BCUT2D eigenvalue weighted by Crippen LogP contribution is -2.14. The molecule has 1 unspecified atom stereocenters. The van der Waals surface area contributed by atoms with Crippen LogP contribution >= 0.6 is 23.1 Å². The van der Waals surface area contributed by atoms with Crippen LogP contribution in [0.3, 0.4) is 0 Å². The fraction of sp³-hybridized carbons (Fsp3) is 0.667. The Bertz CT molecular complexity index is 330. The number of aromatic nitrogens is 2. The summed E-state index contributed by atoms with van der Waals surface area (Å²) in [5, 5.41) is 18.1. The Morgan fingerprint density at radius 3 is 2.94 bits per heavy atom. The van der Waals surface area contributed by atoms with Gasteiger partial charge >= 0.3 is 0 Å². The van der Waals surface area contributed by atoms with Gasteiger partial charge in [0, 0.05) is 18.7 Å². The summed E-state index contributed by atoms with van der Waals surface area (Å²) >= 11 is 2.87. The summed E-state index contributed by atoms with van der Waals surface area (Å²) in [4.78, 5) is 12.3. The Morgan fingerprint density at radius 1 is 1.56 bits per heavy atom. The second kappa shape index (κ2) is 6.95. The molecule has 0 aromatic carbocycles. The van der Waals surface area contributed by atoms with Gasteiger partial charge in [-0.1, -0.05) is 23.1 Å². The quantitative estimate of drug-likeness (QED) is 0.562. The molecular weight excluding hydrogens is 246 g/mol. The lowest BCUT2D eigenvalue weighted by atomic mass is 10.4. The van der Waals surface area contributed by atoms with Crippen molar-refractivity contribution in [2.45, 2.75) is 16.9 Å². The lowest BCUT2D eigenvalue weighted by molar-refractivity contribution is -0.113. The van der Waals surface area contributed by atoms with Crippen LogP contribution in [-0.2, 0) is 11.2 Å². The third-order valence-electron chi connectivity index (χ3n) is 1.76. The first-order valence-corrected chi connectivity index (χ1v) is 6.65. The van der Waals surface area contributed by atoms with Crippen molar-refractivity contribution >= 4 is 29.4 Å². The molecule has 1 aromatic rings. The van der Waals surface area contributed by atoms with Crippen molar-refractivity contribution in [2.24, 2.45) is 0 Å². The highest BCUT2D eigenvalue weighted by molar-refractivity contribution is 8.01. The fourth-order valence-corrected chi connectivity index (χ4v) is 2.69. The number of aliphatic hydroxyl groups is 1. The first-order valence-electron chi connectivity index (χ1n) is 4.85. The maximum atomic E-state index is 10.2. The molecule has 1 N–H and O–H groups in total. The van der Waals surface area contributed by atoms with Gasteiger partial charge in [0.25, 0.3) is 0 Å². The molecule has 0 saturated heterocycles. The van der Waals surface area contributed by atoms with Gasteiger partial charge < -0.3 is 14.8 Å². The summed E-state index contributed by atoms with van der Waals surface area (Å²) in [7, 11) is 4.02. The van der Waals surface area contributed by atoms with Crippen LogP contribution in [0.15, 0.2) is 4.34 Å². The van der Waals surface area contributed by atoms with Crippen LogP contribution in [0.5, 0.6) is 0 Å². The number of rotatable bonds is 7. The zero-order chi connectivity index (χ0) is 12.0. The second-order valence-corrected chi connectivity index (χ2v) is 5.86. The SMILES string of the molecule is CN(C)CCc1nnc(SCC(O)C=O)s1. The normalized spacial score (nSPS) is 13.0. The average molecular weight is 261 g/mol. The van der Waals surface area contributed by atoms with Crippen molar-refractivity contribution in [3.05, 3.63) is 5.01 Å². The van der Waals surface area contributed by atoms with E-state index in [-0.39, 0.29) is 0 Å². The van der Waals surface area contributed by atoms with E-state index in [0.29, 0.717) is 12.0 Å². The second-order valence-electron chi connectivity index (χ2n) is 3.53. The predicted octanol–water partition coefficient (Wildman–Crippen LogP) is 0.294. The number of nitrogens with zero attached hydrogens (tertiary/aromatic N) is 3. The number of aldehydes is 1. The Balaban J connectivity index is 2.36. The minimum atomic E-state index is -0.917. The standard InChI is InChI=1S/C9H15N3O2S2/c1-12(2)4-3-8-10-11-9(16-8)15-6-7(14)5-13/h5,7,14H,3-4,6H2,1-2H3. The molecule has 1 heterocycles. The molecule has 1 rings (SSSR count). The van der Waals surface area contributed by atoms with E-state index in [4.69, 9.17) is 5.11 Å². The highest BCUT2D eigenvalue weighted by Gasteiger charge is 2.08. The molecule has 0 saturated carbocycles. The third kappa shape index (κ3) is 5.02. The molecule has 90 valence electrons. The van der Waals surface area contributed by atoms with Gasteiger partial charge in [-0.2, -0.15) is 0 Å². The van der Waals surface area contributed by atoms with Crippen LogP contribution in [0.1, 0.15) is 5.01 Å². The minimum absolute atomic E-state index is 0.339. The number of hydrogen-bond acceptors (Lipinski definition) is 7. The van der Waals surface area contributed by atoms with E-state index in [9.17, 15) is 4.79 Å². The van der Waals surface area contributed by atoms with E-state index >= 15 is 0 Å². The van der Waals surface area contributed by atoms with Gasteiger partial charge in [-0.25, -0.2) is 0 Å². The zero-order valence-corrected chi connectivity index (χ0v) is 10.9. The Labute approximate surface area is 103 Å². The molecule has 0 spiro atoms.